The molecule has 0 spiro atoms. The van der Waals surface area contributed by atoms with Gasteiger partial charge in [0.1, 0.15) is 12.0 Å². The zero-order chi connectivity index (χ0) is 23.6. The molecule has 1 heterocycles. The van der Waals surface area contributed by atoms with Gasteiger partial charge in [0, 0.05) is 25.7 Å². The molecule has 0 fully saturated rings. The lowest BCUT2D eigenvalue weighted by molar-refractivity contribution is 0.0946. The Kier molecular flexibility index (Phi) is 9.04. The molecule has 0 bridgehead atoms. The summed E-state index contributed by atoms with van der Waals surface area (Å²) in [5.41, 5.74) is 2.67. The van der Waals surface area contributed by atoms with Gasteiger partial charge < -0.3 is 19.4 Å². The highest BCUT2D eigenvalue weighted by atomic mass is 16.5. The van der Waals surface area contributed by atoms with Gasteiger partial charge in [-0.3, -0.25) is 9.69 Å². The summed E-state index contributed by atoms with van der Waals surface area (Å²) in [5.74, 6) is 1.16. The van der Waals surface area contributed by atoms with E-state index in [1.807, 2.05) is 56.3 Å². The summed E-state index contributed by atoms with van der Waals surface area (Å²) in [7, 11) is 3.93. The van der Waals surface area contributed by atoms with E-state index in [1.54, 1.807) is 0 Å². The molecule has 3 aromatic rings. The molecule has 1 aromatic heterocycles. The summed E-state index contributed by atoms with van der Waals surface area (Å²) in [6.07, 6.45) is 1.43. The van der Waals surface area contributed by atoms with E-state index >= 15 is 0 Å². The fourth-order valence-electron chi connectivity index (χ4n) is 3.51. The smallest absolute Gasteiger partial charge is 0.273 e. The minimum Gasteiger partial charge on any atom is -0.494 e. The summed E-state index contributed by atoms with van der Waals surface area (Å²) in [6.45, 7) is 7.30. The summed E-state index contributed by atoms with van der Waals surface area (Å²) in [4.78, 5) is 21.1. The average Bonchev–Trinajstić information content (AvgIpc) is 3.28. The van der Waals surface area contributed by atoms with Crippen molar-refractivity contribution in [2.45, 2.75) is 33.0 Å². The van der Waals surface area contributed by atoms with Crippen LogP contribution in [0.5, 0.6) is 5.75 Å². The Morgan fingerprint density at radius 2 is 1.82 bits per heavy atom. The van der Waals surface area contributed by atoms with Gasteiger partial charge in [0.25, 0.3) is 5.91 Å². The van der Waals surface area contributed by atoms with Crippen molar-refractivity contribution >= 4 is 5.91 Å². The van der Waals surface area contributed by atoms with Gasteiger partial charge in [-0.1, -0.05) is 42.5 Å². The summed E-state index contributed by atoms with van der Waals surface area (Å²) < 4.78 is 11.2. The van der Waals surface area contributed by atoms with Crippen molar-refractivity contribution < 1.29 is 13.9 Å². The number of rotatable bonds is 12. The van der Waals surface area contributed by atoms with Crippen LogP contribution in [-0.4, -0.2) is 54.5 Å². The highest BCUT2D eigenvalue weighted by molar-refractivity contribution is 5.91. The molecule has 3 rings (SSSR count). The molecule has 176 valence electrons. The lowest BCUT2D eigenvalue weighted by Crippen LogP contribution is -2.31. The van der Waals surface area contributed by atoms with Crippen molar-refractivity contribution in [1.82, 2.24) is 20.1 Å². The fraction of sp³-hybridized carbons (Fsp3) is 0.385. The lowest BCUT2D eigenvalue weighted by Gasteiger charge is -2.28. The van der Waals surface area contributed by atoms with Crippen LogP contribution in [0.25, 0.3) is 0 Å². The number of benzene rings is 2. The number of nitrogens with one attached hydrogen (secondary N) is 1. The van der Waals surface area contributed by atoms with Gasteiger partial charge in [-0.25, -0.2) is 4.98 Å². The van der Waals surface area contributed by atoms with Crippen molar-refractivity contribution in [3.63, 3.8) is 0 Å². The van der Waals surface area contributed by atoms with Crippen LogP contribution in [0, 0.1) is 0 Å². The second kappa shape index (κ2) is 12.2. The predicted octanol–water partition coefficient (Wildman–Crippen LogP) is 4.13. The molecule has 0 radical (unpaired) electrons. The Labute approximate surface area is 196 Å². The molecule has 1 unspecified atom stereocenters. The van der Waals surface area contributed by atoms with Gasteiger partial charge in [-0.05, 0) is 51.2 Å². The van der Waals surface area contributed by atoms with E-state index in [2.05, 4.69) is 46.4 Å². The van der Waals surface area contributed by atoms with E-state index in [-0.39, 0.29) is 11.9 Å². The topological polar surface area (TPSA) is 70.8 Å². The predicted molar refractivity (Wildman–Crippen MR) is 129 cm³/mol. The Balaban J connectivity index is 1.73. The van der Waals surface area contributed by atoms with Crippen LogP contribution in [0.2, 0.25) is 0 Å². The Hall–Kier alpha value is -3.16. The first-order valence-corrected chi connectivity index (χ1v) is 11.3. The number of nitrogens with zero attached hydrogens (tertiary/aromatic N) is 3. The van der Waals surface area contributed by atoms with Gasteiger partial charge in [0.05, 0.1) is 13.2 Å². The van der Waals surface area contributed by atoms with Crippen molar-refractivity contribution in [2.75, 3.05) is 33.8 Å². The SMILES string of the molecule is CCOc1ccc(CN(Cc2nc(C(=O)NCCN(C)C)co2)C(C)c2ccccc2)cc1. The number of ether oxygens (including phenoxy) is 1. The number of carbonyl (C=O) groups is 1. The third kappa shape index (κ3) is 7.44. The van der Waals surface area contributed by atoms with Crippen LogP contribution in [0.15, 0.2) is 65.3 Å². The van der Waals surface area contributed by atoms with E-state index in [0.29, 0.717) is 37.8 Å². The summed E-state index contributed by atoms with van der Waals surface area (Å²) >= 11 is 0. The first-order valence-electron chi connectivity index (χ1n) is 11.3. The highest BCUT2D eigenvalue weighted by Crippen LogP contribution is 2.25. The number of carbonyl (C=O) groups excluding carboxylic acids is 1. The molecule has 1 amide bonds. The standard InChI is InChI=1S/C26H34N4O3/c1-5-32-23-13-11-21(12-14-23)17-30(20(2)22-9-7-6-8-10-22)18-25-28-24(19-33-25)26(31)27-15-16-29(3)4/h6-14,19-20H,5,15-18H2,1-4H3,(H,27,31). The van der Waals surface area contributed by atoms with E-state index < -0.39 is 0 Å². The maximum Gasteiger partial charge on any atom is 0.273 e. The maximum absolute atomic E-state index is 12.4. The average molecular weight is 451 g/mol. The number of oxazole rings is 1. The number of likely N-dealkylation sites (N-methyl/N-ethyl adjacent to an activating group) is 1. The quantitative estimate of drug-likeness (QED) is 0.447. The molecule has 0 saturated carbocycles. The first kappa shape index (κ1) is 24.5. The lowest BCUT2D eigenvalue weighted by atomic mass is 10.1. The monoisotopic (exact) mass is 450 g/mol. The Morgan fingerprint density at radius 1 is 1.09 bits per heavy atom. The zero-order valence-corrected chi connectivity index (χ0v) is 20.0. The number of hydrogen-bond acceptors (Lipinski definition) is 6. The first-order chi connectivity index (χ1) is 16.0. The van der Waals surface area contributed by atoms with E-state index in [0.717, 1.165) is 17.9 Å². The van der Waals surface area contributed by atoms with Crippen molar-refractivity contribution in [3.8, 4) is 5.75 Å². The van der Waals surface area contributed by atoms with Gasteiger partial charge in [0.2, 0.25) is 5.89 Å². The van der Waals surface area contributed by atoms with Crippen molar-refractivity contribution in [3.05, 3.63) is 83.6 Å². The van der Waals surface area contributed by atoms with Crippen LogP contribution < -0.4 is 10.1 Å². The van der Waals surface area contributed by atoms with Gasteiger partial charge in [0.15, 0.2) is 5.69 Å². The molecule has 7 heteroatoms. The molecule has 0 aliphatic carbocycles. The van der Waals surface area contributed by atoms with Crippen molar-refractivity contribution in [1.29, 1.82) is 0 Å². The largest absolute Gasteiger partial charge is 0.494 e. The Bertz CT molecular complexity index is 986. The number of aromatic nitrogens is 1. The molecular weight excluding hydrogens is 416 g/mol. The molecule has 0 aliphatic rings. The molecule has 1 N–H and O–H groups in total. The van der Waals surface area contributed by atoms with Crippen LogP contribution in [-0.2, 0) is 13.1 Å². The third-order valence-electron chi connectivity index (χ3n) is 5.42. The van der Waals surface area contributed by atoms with Crippen LogP contribution in [0.4, 0.5) is 0 Å². The van der Waals surface area contributed by atoms with Crippen LogP contribution in [0.3, 0.4) is 0 Å². The highest BCUT2D eigenvalue weighted by Gasteiger charge is 2.20. The van der Waals surface area contributed by atoms with Crippen LogP contribution in [0.1, 0.15) is 47.4 Å². The van der Waals surface area contributed by atoms with Crippen molar-refractivity contribution in [2.24, 2.45) is 0 Å². The van der Waals surface area contributed by atoms with E-state index in [1.165, 1.54) is 11.8 Å². The van der Waals surface area contributed by atoms with Gasteiger partial charge >= 0.3 is 0 Å². The maximum atomic E-state index is 12.4. The molecule has 7 nitrogen and oxygen atoms in total. The van der Waals surface area contributed by atoms with E-state index in [9.17, 15) is 4.79 Å². The third-order valence-corrected chi connectivity index (χ3v) is 5.42. The molecule has 0 saturated heterocycles. The minimum atomic E-state index is -0.221. The second-order valence-corrected chi connectivity index (χ2v) is 8.25. The van der Waals surface area contributed by atoms with Crippen LogP contribution >= 0.6 is 0 Å². The minimum absolute atomic E-state index is 0.127. The molecular formula is C26H34N4O3. The number of hydrogen-bond donors (Lipinski definition) is 1. The zero-order valence-electron chi connectivity index (χ0n) is 20.0. The number of amides is 1. The summed E-state index contributed by atoms with van der Waals surface area (Å²) in [6, 6.07) is 18.6. The molecule has 33 heavy (non-hydrogen) atoms. The second-order valence-electron chi connectivity index (χ2n) is 8.25. The summed E-state index contributed by atoms with van der Waals surface area (Å²) in [5, 5.41) is 2.87. The molecule has 0 aliphatic heterocycles. The Morgan fingerprint density at radius 3 is 2.48 bits per heavy atom. The van der Waals surface area contributed by atoms with E-state index in [4.69, 9.17) is 9.15 Å². The molecule has 2 aromatic carbocycles. The van der Waals surface area contributed by atoms with Gasteiger partial charge in [-0.15, -0.1) is 0 Å². The fourth-order valence-corrected chi connectivity index (χ4v) is 3.51. The molecule has 1 atom stereocenters. The van der Waals surface area contributed by atoms with Gasteiger partial charge in [-0.2, -0.15) is 0 Å². The normalized spacial score (nSPS) is 12.2.